The van der Waals surface area contributed by atoms with Crippen LogP contribution in [-0.4, -0.2) is 21.4 Å². The molecule has 5 heteroatoms. The molecular weight excluding hydrogens is 278 g/mol. The van der Waals surface area contributed by atoms with E-state index < -0.39 is 5.97 Å². The van der Waals surface area contributed by atoms with Crippen molar-refractivity contribution in [1.82, 2.24) is 4.57 Å². The Bertz CT molecular complexity index is 671. The third kappa shape index (κ3) is 2.75. The van der Waals surface area contributed by atoms with E-state index in [-0.39, 0.29) is 12.2 Å². The molecule has 4 nitrogen and oxygen atoms in total. The predicted octanol–water partition coefficient (Wildman–Crippen LogP) is 2.85. The molecule has 0 aliphatic heterocycles. The highest BCUT2D eigenvalue weighted by Crippen LogP contribution is 2.21. The summed E-state index contributed by atoms with van der Waals surface area (Å²) in [6.07, 6.45) is 1.60. The topological polar surface area (TPSA) is 59.3 Å². The van der Waals surface area contributed by atoms with E-state index in [0.717, 1.165) is 0 Å². The van der Waals surface area contributed by atoms with Gasteiger partial charge in [0.05, 0.1) is 12.1 Å². The van der Waals surface area contributed by atoms with Crippen LogP contribution in [0.2, 0.25) is 5.02 Å². The van der Waals surface area contributed by atoms with E-state index in [1.807, 2.05) is 0 Å². The molecule has 1 aromatic carbocycles. The molecule has 0 fully saturated rings. The molecule has 0 unspecified atom stereocenters. The molecule has 0 aliphatic carbocycles. The lowest BCUT2D eigenvalue weighted by molar-refractivity contribution is -0.136. The molecular formula is C15H14ClNO3. The lowest BCUT2D eigenvalue weighted by atomic mass is 10.0. The van der Waals surface area contributed by atoms with Crippen LogP contribution in [0.15, 0.2) is 30.5 Å². The van der Waals surface area contributed by atoms with Crippen molar-refractivity contribution in [2.75, 3.05) is 0 Å². The number of ketones is 1. The Morgan fingerprint density at radius 3 is 2.40 bits per heavy atom. The van der Waals surface area contributed by atoms with Crippen LogP contribution in [0.3, 0.4) is 0 Å². The van der Waals surface area contributed by atoms with Crippen LogP contribution in [0.5, 0.6) is 0 Å². The lowest BCUT2D eigenvalue weighted by Gasteiger charge is -2.05. The molecule has 0 amide bonds. The van der Waals surface area contributed by atoms with E-state index in [1.165, 1.54) is 0 Å². The number of carboxylic acid groups (broad SMARTS) is 1. The molecule has 0 saturated carbocycles. The number of carbonyl (C=O) groups is 2. The molecule has 0 bridgehead atoms. The van der Waals surface area contributed by atoms with Gasteiger partial charge in [0.2, 0.25) is 5.78 Å². The Hall–Kier alpha value is -2.07. The van der Waals surface area contributed by atoms with Crippen LogP contribution in [0, 0.1) is 6.92 Å². The van der Waals surface area contributed by atoms with E-state index >= 15 is 0 Å². The highest BCUT2D eigenvalue weighted by molar-refractivity contribution is 6.30. The molecule has 2 rings (SSSR count). The maximum Gasteiger partial charge on any atom is 0.307 e. The second-order valence-electron chi connectivity index (χ2n) is 4.65. The third-order valence-corrected chi connectivity index (χ3v) is 3.45. The summed E-state index contributed by atoms with van der Waals surface area (Å²) in [5, 5.41) is 9.44. The van der Waals surface area contributed by atoms with Crippen molar-refractivity contribution in [3.05, 3.63) is 57.9 Å². The van der Waals surface area contributed by atoms with Crippen molar-refractivity contribution in [2.24, 2.45) is 7.05 Å². The number of carboxylic acids is 1. The van der Waals surface area contributed by atoms with Gasteiger partial charge in [-0.25, -0.2) is 0 Å². The molecule has 1 N–H and O–H groups in total. The second kappa shape index (κ2) is 5.51. The van der Waals surface area contributed by atoms with Crippen molar-refractivity contribution < 1.29 is 14.7 Å². The average molecular weight is 292 g/mol. The van der Waals surface area contributed by atoms with Gasteiger partial charge in [-0.15, -0.1) is 0 Å². The van der Waals surface area contributed by atoms with Gasteiger partial charge in [-0.2, -0.15) is 0 Å². The Balaban J connectivity index is 2.42. The molecule has 1 aromatic heterocycles. The normalized spacial score (nSPS) is 10.6. The first-order chi connectivity index (χ1) is 9.40. The summed E-state index contributed by atoms with van der Waals surface area (Å²) in [4.78, 5) is 23.3. The lowest BCUT2D eigenvalue weighted by Crippen LogP contribution is -2.08. The first-order valence-electron chi connectivity index (χ1n) is 6.07. The number of aryl methyl sites for hydroxylation is 1. The maximum absolute atomic E-state index is 12.5. The number of carbonyl (C=O) groups excluding carboxylic acids is 1. The summed E-state index contributed by atoms with van der Waals surface area (Å²) < 4.78 is 1.67. The summed E-state index contributed by atoms with van der Waals surface area (Å²) in [7, 11) is 1.74. The molecule has 2 aromatic rings. The van der Waals surface area contributed by atoms with Gasteiger partial charge < -0.3 is 9.67 Å². The zero-order chi connectivity index (χ0) is 14.9. The highest BCUT2D eigenvalue weighted by Gasteiger charge is 2.19. The molecule has 0 radical (unpaired) electrons. The zero-order valence-corrected chi connectivity index (χ0v) is 11.9. The maximum atomic E-state index is 12.5. The third-order valence-electron chi connectivity index (χ3n) is 3.20. The monoisotopic (exact) mass is 291 g/mol. The molecule has 1 heterocycles. The summed E-state index contributed by atoms with van der Waals surface area (Å²) >= 11 is 5.80. The Morgan fingerprint density at radius 2 is 1.85 bits per heavy atom. The first kappa shape index (κ1) is 14.3. The summed E-state index contributed by atoms with van der Waals surface area (Å²) in [5.74, 6) is -1.05. The van der Waals surface area contributed by atoms with E-state index in [9.17, 15) is 9.59 Å². The van der Waals surface area contributed by atoms with Crippen LogP contribution in [0.4, 0.5) is 0 Å². The van der Waals surface area contributed by atoms with Crippen molar-refractivity contribution in [3.8, 4) is 0 Å². The van der Waals surface area contributed by atoms with Crippen LogP contribution in [0.1, 0.15) is 27.2 Å². The fourth-order valence-corrected chi connectivity index (χ4v) is 2.35. The number of benzene rings is 1. The minimum absolute atomic E-state index is 0.0897. The van der Waals surface area contributed by atoms with Crippen LogP contribution >= 0.6 is 11.6 Å². The van der Waals surface area contributed by atoms with E-state index in [1.54, 1.807) is 49.0 Å². The molecule has 0 aliphatic rings. The Kier molecular flexibility index (Phi) is 3.95. The van der Waals surface area contributed by atoms with Gasteiger partial charge >= 0.3 is 5.97 Å². The quantitative estimate of drug-likeness (QED) is 0.881. The van der Waals surface area contributed by atoms with Crippen LogP contribution in [-0.2, 0) is 18.3 Å². The Morgan fingerprint density at radius 1 is 1.25 bits per heavy atom. The van der Waals surface area contributed by atoms with Gasteiger partial charge in [-0.3, -0.25) is 9.59 Å². The molecule has 104 valence electrons. The van der Waals surface area contributed by atoms with E-state index in [2.05, 4.69) is 0 Å². The Labute approximate surface area is 121 Å². The van der Waals surface area contributed by atoms with Gasteiger partial charge in [0.15, 0.2) is 0 Å². The van der Waals surface area contributed by atoms with Crippen molar-refractivity contribution >= 4 is 23.4 Å². The van der Waals surface area contributed by atoms with Gasteiger partial charge in [-0.1, -0.05) is 11.6 Å². The SMILES string of the molecule is Cc1c(CC(=O)O)cn(C)c1C(=O)c1ccc(Cl)cc1. The van der Waals surface area contributed by atoms with Crippen molar-refractivity contribution in [2.45, 2.75) is 13.3 Å². The zero-order valence-electron chi connectivity index (χ0n) is 11.2. The molecule has 20 heavy (non-hydrogen) atoms. The predicted molar refractivity (Wildman–Crippen MR) is 76.4 cm³/mol. The minimum Gasteiger partial charge on any atom is -0.481 e. The van der Waals surface area contributed by atoms with Gasteiger partial charge in [-0.05, 0) is 42.3 Å². The van der Waals surface area contributed by atoms with Gasteiger partial charge in [0.25, 0.3) is 0 Å². The fourth-order valence-electron chi connectivity index (χ4n) is 2.22. The number of aliphatic carboxylic acids is 1. The fraction of sp³-hybridized carbons (Fsp3) is 0.200. The van der Waals surface area contributed by atoms with E-state index in [0.29, 0.717) is 27.4 Å². The van der Waals surface area contributed by atoms with Gasteiger partial charge in [0.1, 0.15) is 0 Å². The first-order valence-corrected chi connectivity index (χ1v) is 6.44. The number of aromatic nitrogens is 1. The summed E-state index contributed by atoms with van der Waals surface area (Å²) in [5.41, 5.74) is 2.39. The minimum atomic E-state index is -0.913. The number of halogens is 1. The second-order valence-corrected chi connectivity index (χ2v) is 5.08. The summed E-state index contributed by atoms with van der Waals surface area (Å²) in [6.45, 7) is 1.77. The smallest absolute Gasteiger partial charge is 0.307 e. The number of rotatable bonds is 4. The van der Waals surface area contributed by atoms with Crippen molar-refractivity contribution in [1.29, 1.82) is 0 Å². The van der Waals surface area contributed by atoms with E-state index in [4.69, 9.17) is 16.7 Å². The number of nitrogens with zero attached hydrogens (tertiary/aromatic N) is 1. The number of hydrogen-bond donors (Lipinski definition) is 1. The van der Waals surface area contributed by atoms with Crippen LogP contribution < -0.4 is 0 Å². The highest BCUT2D eigenvalue weighted by atomic mass is 35.5. The standard InChI is InChI=1S/C15H14ClNO3/c1-9-11(7-13(18)19)8-17(2)14(9)15(20)10-3-5-12(16)6-4-10/h3-6,8H,7H2,1-2H3,(H,18,19). The largest absolute Gasteiger partial charge is 0.481 e. The number of hydrogen-bond acceptors (Lipinski definition) is 2. The molecule has 0 atom stereocenters. The molecule has 0 saturated heterocycles. The average Bonchev–Trinajstić information content (AvgIpc) is 2.64. The van der Waals surface area contributed by atoms with Gasteiger partial charge in [0, 0.05) is 23.8 Å². The molecule has 0 spiro atoms. The summed E-state index contributed by atoms with van der Waals surface area (Å²) in [6, 6.07) is 6.64. The van der Waals surface area contributed by atoms with Crippen molar-refractivity contribution in [3.63, 3.8) is 0 Å². The van der Waals surface area contributed by atoms with Crippen LogP contribution in [0.25, 0.3) is 0 Å².